The van der Waals surface area contributed by atoms with Gasteiger partial charge in [-0.3, -0.25) is 4.79 Å². The number of ether oxygens (including phenoxy) is 1. The van der Waals surface area contributed by atoms with Gasteiger partial charge in [-0.15, -0.1) is 0 Å². The molecule has 1 aliphatic carbocycles. The zero-order valence-electron chi connectivity index (χ0n) is 14.8. The maximum absolute atomic E-state index is 13.4. The van der Waals surface area contributed by atoms with Crippen LogP contribution < -0.4 is 0 Å². The van der Waals surface area contributed by atoms with Crippen LogP contribution in [-0.4, -0.2) is 45.2 Å². The predicted octanol–water partition coefficient (Wildman–Crippen LogP) is 3.42. The van der Waals surface area contributed by atoms with Crippen LogP contribution in [-0.2, 0) is 28.9 Å². The Labute approximate surface area is 163 Å². The third-order valence-electron chi connectivity index (χ3n) is 4.90. The molecule has 13 heteroatoms. The Bertz CT molecular complexity index is 992. The number of hydrogen-bond donors (Lipinski definition) is 0. The third kappa shape index (κ3) is 3.72. The molecule has 29 heavy (non-hydrogen) atoms. The van der Waals surface area contributed by atoms with E-state index in [0.29, 0.717) is 10.6 Å². The summed E-state index contributed by atoms with van der Waals surface area (Å²) in [5.41, 5.74) is -1.21. The number of hydrogen-bond acceptors (Lipinski definition) is 5. The summed E-state index contributed by atoms with van der Waals surface area (Å²) in [5, 5.41) is 4.46. The van der Waals surface area contributed by atoms with Gasteiger partial charge in [0.1, 0.15) is 5.01 Å². The molecule has 1 fully saturated rings. The second-order valence-corrected chi connectivity index (χ2v) is 7.97. The maximum Gasteiger partial charge on any atom is 0.435 e. The highest BCUT2D eigenvalue weighted by molar-refractivity contribution is 7.16. The van der Waals surface area contributed by atoms with E-state index in [1.54, 1.807) is 0 Å². The topological polar surface area (TPSA) is 59.7 Å². The fourth-order valence-corrected chi connectivity index (χ4v) is 4.36. The minimum atomic E-state index is -4.76. The number of amides is 1. The summed E-state index contributed by atoms with van der Waals surface area (Å²) >= 11 is 0.924. The smallest absolute Gasteiger partial charge is 0.377 e. The fraction of sp³-hybridized carbons (Fsp3) is 0.562. The van der Waals surface area contributed by atoms with Gasteiger partial charge in [-0.1, -0.05) is 11.3 Å². The van der Waals surface area contributed by atoms with E-state index in [1.165, 1.54) is 7.11 Å². The molecule has 2 aromatic rings. The number of nitrogens with zero attached hydrogens (tertiary/aromatic N) is 4. The van der Waals surface area contributed by atoms with Crippen molar-refractivity contribution in [2.24, 2.45) is 11.8 Å². The standard InChI is InChI=1S/C16H14F6N4O2S/c1-28-6-11-24-26-10(13(16(20,21)22)23-14(26)29-11)5-25-4-7(2-12(25)27)8-3-9(8)15(17,18)19/h2,8-9H,3-6H2,1H3/t8-,9-/m1/s1. The van der Waals surface area contributed by atoms with Crippen molar-refractivity contribution in [1.29, 1.82) is 0 Å². The Balaban J connectivity index is 1.58. The van der Waals surface area contributed by atoms with Crippen molar-refractivity contribution in [1.82, 2.24) is 19.5 Å². The van der Waals surface area contributed by atoms with Crippen LogP contribution in [0, 0.1) is 11.8 Å². The molecule has 2 aliphatic rings. The van der Waals surface area contributed by atoms with Gasteiger partial charge in [-0.05, 0) is 17.9 Å². The molecule has 0 bridgehead atoms. The van der Waals surface area contributed by atoms with E-state index in [2.05, 4.69) is 10.1 Å². The average molecular weight is 440 g/mol. The first-order valence-electron chi connectivity index (χ1n) is 8.48. The molecular formula is C16H14F6N4O2S. The van der Waals surface area contributed by atoms with Crippen molar-refractivity contribution >= 4 is 22.2 Å². The van der Waals surface area contributed by atoms with Crippen LogP contribution in [0.4, 0.5) is 26.3 Å². The van der Waals surface area contributed by atoms with Crippen molar-refractivity contribution < 1.29 is 35.9 Å². The zero-order valence-corrected chi connectivity index (χ0v) is 15.7. The SMILES string of the molecule is COCc1nn2c(CN3CC([C@H]4C[C@H]4C(F)(F)F)=CC3=O)c(C(F)(F)F)nc2s1. The van der Waals surface area contributed by atoms with E-state index in [0.717, 1.165) is 26.8 Å². The summed E-state index contributed by atoms with van der Waals surface area (Å²) < 4.78 is 84.5. The minimum absolute atomic E-state index is 0.00136. The number of aromatic nitrogens is 3. The van der Waals surface area contributed by atoms with Gasteiger partial charge >= 0.3 is 12.4 Å². The molecule has 2 atom stereocenters. The second-order valence-electron chi connectivity index (χ2n) is 6.93. The van der Waals surface area contributed by atoms with Crippen LogP contribution in [0.3, 0.4) is 0 Å². The molecule has 0 radical (unpaired) electrons. The lowest BCUT2D eigenvalue weighted by Gasteiger charge is -2.17. The largest absolute Gasteiger partial charge is 0.435 e. The monoisotopic (exact) mass is 440 g/mol. The maximum atomic E-state index is 13.4. The molecule has 158 valence electrons. The summed E-state index contributed by atoms with van der Waals surface area (Å²) in [7, 11) is 1.41. The molecule has 6 nitrogen and oxygen atoms in total. The lowest BCUT2D eigenvalue weighted by Crippen LogP contribution is -2.28. The van der Waals surface area contributed by atoms with Gasteiger partial charge in [0.2, 0.25) is 10.9 Å². The highest BCUT2D eigenvalue weighted by atomic mass is 32.1. The van der Waals surface area contributed by atoms with Crippen molar-refractivity contribution in [2.45, 2.75) is 31.9 Å². The molecule has 0 saturated heterocycles. The normalized spacial score (nSPS) is 22.7. The molecule has 2 aromatic heterocycles. The molecule has 4 rings (SSSR count). The van der Waals surface area contributed by atoms with Crippen LogP contribution in [0.2, 0.25) is 0 Å². The number of fused-ring (bicyclic) bond motifs is 1. The highest BCUT2D eigenvalue weighted by Crippen LogP contribution is 2.54. The summed E-state index contributed by atoms with van der Waals surface area (Å²) in [6.07, 6.45) is -8.12. The Hall–Kier alpha value is -2.15. The summed E-state index contributed by atoms with van der Waals surface area (Å²) in [4.78, 5) is 16.9. The van der Waals surface area contributed by atoms with E-state index in [-0.39, 0.29) is 30.2 Å². The second kappa shape index (κ2) is 6.69. The lowest BCUT2D eigenvalue weighted by molar-refractivity contribution is -0.150. The first-order valence-corrected chi connectivity index (χ1v) is 9.30. The Kier molecular flexibility index (Phi) is 4.64. The molecular weight excluding hydrogens is 426 g/mol. The average Bonchev–Trinajstić information content (AvgIpc) is 3.05. The van der Waals surface area contributed by atoms with Crippen molar-refractivity contribution in [3.8, 4) is 0 Å². The highest BCUT2D eigenvalue weighted by Gasteiger charge is 2.57. The van der Waals surface area contributed by atoms with Gasteiger partial charge in [0.25, 0.3) is 0 Å². The van der Waals surface area contributed by atoms with E-state index in [9.17, 15) is 31.1 Å². The molecule has 0 N–H and O–H groups in total. The first kappa shape index (κ1) is 20.1. The summed E-state index contributed by atoms with van der Waals surface area (Å²) in [5.74, 6) is -2.91. The number of halogens is 6. The van der Waals surface area contributed by atoms with Crippen molar-refractivity contribution in [3.05, 3.63) is 28.0 Å². The number of rotatable bonds is 5. The molecule has 0 spiro atoms. The first-order chi connectivity index (χ1) is 13.5. The summed E-state index contributed by atoms with van der Waals surface area (Å²) in [6, 6.07) is 0. The molecule has 0 aromatic carbocycles. The van der Waals surface area contributed by atoms with Gasteiger partial charge in [-0.2, -0.15) is 31.4 Å². The molecule has 1 aliphatic heterocycles. The third-order valence-corrected chi connectivity index (χ3v) is 5.78. The Morgan fingerprint density at radius 1 is 1.28 bits per heavy atom. The molecule has 0 unspecified atom stereocenters. The lowest BCUT2D eigenvalue weighted by atomic mass is 10.1. The van der Waals surface area contributed by atoms with Crippen LogP contribution >= 0.6 is 11.3 Å². The van der Waals surface area contributed by atoms with Gasteiger partial charge in [-0.25, -0.2) is 9.50 Å². The zero-order chi connectivity index (χ0) is 21.1. The van der Waals surface area contributed by atoms with Crippen LogP contribution in [0.5, 0.6) is 0 Å². The van der Waals surface area contributed by atoms with E-state index in [1.807, 2.05) is 0 Å². The number of imidazole rings is 1. The Morgan fingerprint density at radius 2 is 2.00 bits per heavy atom. The van der Waals surface area contributed by atoms with Crippen LogP contribution in [0.25, 0.3) is 4.96 Å². The van der Waals surface area contributed by atoms with Gasteiger partial charge in [0, 0.05) is 19.7 Å². The van der Waals surface area contributed by atoms with Crippen molar-refractivity contribution in [2.75, 3.05) is 13.7 Å². The number of carbonyl (C=O) groups is 1. The van der Waals surface area contributed by atoms with E-state index in [4.69, 9.17) is 4.74 Å². The minimum Gasteiger partial charge on any atom is -0.377 e. The number of methoxy groups -OCH3 is 1. The molecule has 3 heterocycles. The quantitative estimate of drug-likeness (QED) is 0.669. The molecule has 1 amide bonds. The van der Waals surface area contributed by atoms with Crippen LogP contribution in [0.1, 0.15) is 22.8 Å². The number of alkyl halides is 6. The van der Waals surface area contributed by atoms with Gasteiger partial charge in [0.05, 0.1) is 24.8 Å². The van der Waals surface area contributed by atoms with E-state index >= 15 is 0 Å². The molecule has 1 saturated carbocycles. The van der Waals surface area contributed by atoms with Crippen LogP contribution in [0.15, 0.2) is 11.6 Å². The van der Waals surface area contributed by atoms with Crippen molar-refractivity contribution in [3.63, 3.8) is 0 Å². The van der Waals surface area contributed by atoms with Gasteiger partial charge in [0.15, 0.2) is 5.69 Å². The summed E-state index contributed by atoms with van der Waals surface area (Å²) in [6.45, 7) is -0.520. The van der Waals surface area contributed by atoms with E-state index < -0.39 is 42.3 Å². The Morgan fingerprint density at radius 3 is 2.59 bits per heavy atom. The predicted molar refractivity (Wildman–Crippen MR) is 87.7 cm³/mol. The number of carbonyl (C=O) groups excluding carboxylic acids is 1. The fourth-order valence-electron chi connectivity index (χ4n) is 3.48. The van der Waals surface area contributed by atoms with Gasteiger partial charge < -0.3 is 9.64 Å².